The molecule has 0 saturated carbocycles. The first-order valence-electron chi connectivity index (χ1n) is 12.6. The number of unbranched alkanes of at least 4 members (excludes halogenated alkanes) is 1. The zero-order valence-corrected chi connectivity index (χ0v) is 21.7. The minimum atomic E-state index is -0.934. The second-order valence-electron chi connectivity index (χ2n) is 11.8. The van der Waals surface area contributed by atoms with Crippen molar-refractivity contribution < 1.29 is 9.90 Å². The highest BCUT2D eigenvalue weighted by Gasteiger charge is 2.40. The van der Waals surface area contributed by atoms with E-state index in [0.717, 1.165) is 36.8 Å². The summed E-state index contributed by atoms with van der Waals surface area (Å²) in [5.74, 6) is -0.129. The lowest BCUT2D eigenvalue weighted by Gasteiger charge is -2.33. The fraction of sp³-hybridized carbons (Fsp3) is 0.567. The van der Waals surface area contributed by atoms with E-state index >= 15 is 0 Å². The van der Waals surface area contributed by atoms with Crippen LogP contribution in [0.5, 0.6) is 0 Å². The van der Waals surface area contributed by atoms with Crippen LogP contribution < -0.4 is 0 Å². The van der Waals surface area contributed by atoms with Gasteiger partial charge in [0.2, 0.25) is 0 Å². The lowest BCUT2D eigenvalue weighted by atomic mass is 9.86. The average Bonchev–Trinajstić information content (AvgIpc) is 3.21. The van der Waals surface area contributed by atoms with Gasteiger partial charge in [-0.15, -0.1) is 0 Å². The van der Waals surface area contributed by atoms with E-state index in [1.807, 2.05) is 4.90 Å². The van der Waals surface area contributed by atoms with Crippen LogP contribution in [0.1, 0.15) is 115 Å². The number of amides is 1. The molecule has 2 aromatic carbocycles. The monoisotopic (exact) mass is 449 g/mol. The fourth-order valence-electron chi connectivity index (χ4n) is 4.88. The SMILES string of the molecule is CCCC[C@@H](O)C(=O)N1[C@H](c2ccc(C(C)(C)C)cc2)CC[C@H]1c1ccc(C(C)(C)C)cc1. The molecular weight excluding hydrogens is 406 g/mol. The van der Waals surface area contributed by atoms with Crippen LogP contribution in [0.25, 0.3) is 0 Å². The van der Waals surface area contributed by atoms with Crippen molar-refractivity contribution in [2.75, 3.05) is 0 Å². The molecule has 0 aromatic heterocycles. The Balaban J connectivity index is 1.94. The number of hydrogen-bond donors (Lipinski definition) is 1. The molecule has 33 heavy (non-hydrogen) atoms. The van der Waals surface area contributed by atoms with Crippen LogP contribution in [0, 0.1) is 0 Å². The van der Waals surface area contributed by atoms with Gasteiger partial charge in [0.05, 0.1) is 12.1 Å². The molecule has 180 valence electrons. The third kappa shape index (κ3) is 5.87. The van der Waals surface area contributed by atoms with E-state index in [1.165, 1.54) is 11.1 Å². The lowest BCUT2D eigenvalue weighted by Crippen LogP contribution is -2.40. The highest BCUT2D eigenvalue weighted by Crippen LogP contribution is 2.45. The van der Waals surface area contributed by atoms with E-state index in [0.29, 0.717) is 6.42 Å². The molecule has 0 bridgehead atoms. The molecule has 3 rings (SSSR count). The molecule has 2 aromatic rings. The molecule has 0 radical (unpaired) electrons. The van der Waals surface area contributed by atoms with E-state index in [9.17, 15) is 9.90 Å². The van der Waals surface area contributed by atoms with Crippen molar-refractivity contribution in [1.82, 2.24) is 4.90 Å². The molecule has 3 atom stereocenters. The number of likely N-dealkylation sites (tertiary alicyclic amines) is 1. The van der Waals surface area contributed by atoms with E-state index < -0.39 is 6.10 Å². The first kappa shape index (κ1) is 25.5. The number of aliphatic hydroxyl groups is 1. The Labute approximate surface area is 201 Å². The van der Waals surface area contributed by atoms with Gasteiger partial charge in [0.25, 0.3) is 5.91 Å². The summed E-state index contributed by atoms with van der Waals surface area (Å²) in [7, 11) is 0. The molecule has 0 unspecified atom stereocenters. The van der Waals surface area contributed by atoms with Crippen molar-refractivity contribution in [3.8, 4) is 0 Å². The number of hydrogen-bond acceptors (Lipinski definition) is 2. The van der Waals surface area contributed by atoms with Gasteiger partial charge >= 0.3 is 0 Å². The summed E-state index contributed by atoms with van der Waals surface area (Å²) in [6, 6.07) is 17.5. The summed E-state index contributed by atoms with van der Waals surface area (Å²) in [5, 5.41) is 10.7. The summed E-state index contributed by atoms with van der Waals surface area (Å²) < 4.78 is 0. The smallest absolute Gasteiger partial charge is 0.252 e. The van der Waals surface area contributed by atoms with Gasteiger partial charge in [-0.2, -0.15) is 0 Å². The largest absolute Gasteiger partial charge is 0.383 e. The van der Waals surface area contributed by atoms with Gasteiger partial charge in [-0.25, -0.2) is 0 Å². The molecule has 1 heterocycles. The quantitative estimate of drug-likeness (QED) is 0.505. The minimum Gasteiger partial charge on any atom is -0.383 e. The van der Waals surface area contributed by atoms with Crippen molar-refractivity contribution >= 4 is 5.91 Å². The number of rotatable bonds is 6. The Morgan fingerprint density at radius 3 is 1.58 bits per heavy atom. The van der Waals surface area contributed by atoms with E-state index in [4.69, 9.17) is 0 Å². The van der Waals surface area contributed by atoms with Gasteiger partial charge in [0, 0.05) is 0 Å². The Morgan fingerprint density at radius 1 is 0.848 bits per heavy atom. The first-order chi connectivity index (χ1) is 15.4. The maximum absolute atomic E-state index is 13.5. The molecular formula is C30H43NO2. The van der Waals surface area contributed by atoms with Crippen LogP contribution in [0.3, 0.4) is 0 Å². The summed E-state index contributed by atoms with van der Waals surface area (Å²) >= 11 is 0. The predicted molar refractivity (Wildman–Crippen MR) is 137 cm³/mol. The Hall–Kier alpha value is -2.13. The second-order valence-corrected chi connectivity index (χ2v) is 11.8. The number of aliphatic hydroxyl groups excluding tert-OH is 1. The maximum atomic E-state index is 13.5. The first-order valence-corrected chi connectivity index (χ1v) is 12.6. The molecule has 1 amide bonds. The molecule has 1 saturated heterocycles. The fourth-order valence-corrected chi connectivity index (χ4v) is 4.88. The van der Waals surface area contributed by atoms with Crippen molar-refractivity contribution in [3.63, 3.8) is 0 Å². The summed E-state index contributed by atoms with van der Waals surface area (Å²) in [6.45, 7) is 15.4. The molecule has 1 fully saturated rings. The van der Waals surface area contributed by atoms with Gasteiger partial charge in [0.1, 0.15) is 6.10 Å². The highest BCUT2D eigenvalue weighted by atomic mass is 16.3. The van der Waals surface area contributed by atoms with Gasteiger partial charge in [-0.3, -0.25) is 4.79 Å². The maximum Gasteiger partial charge on any atom is 0.252 e. The normalized spacial score (nSPS) is 20.2. The molecule has 1 aliphatic rings. The van der Waals surface area contributed by atoms with E-state index in [1.54, 1.807) is 0 Å². The highest BCUT2D eigenvalue weighted by molar-refractivity contribution is 5.82. The average molecular weight is 450 g/mol. The topological polar surface area (TPSA) is 40.5 Å². The van der Waals surface area contributed by atoms with Crippen molar-refractivity contribution in [1.29, 1.82) is 0 Å². The predicted octanol–water partition coefficient (Wildman–Crippen LogP) is 7.24. The molecule has 0 spiro atoms. The second kappa shape index (κ2) is 10.0. The van der Waals surface area contributed by atoms with E-state index in [-0.39, 0.29) is 28.8 Å². The molecule has 3 nitrogen and oxygen atoms in total. The van der Waals surface area contributed by atoms with Crippen LogP contribution >= 0.6 is 0 Å². The van der Waals surface area contributed by atoms with Gasteiger partial charge in [-0.1, -0.05) is 110 Å². The Morgan fingerprint density at radius 2 is 1.24 bits per heavy atom. The summed E-state index contributed by atoms with van der Waals surface area (Å²) in [6.07, 6.45) is 3.24. The van der Waals surface area contributed by atoms with Gasteiger partial charge in [-0.05, 0) is 52.3 Å². The third-order valence-electron chi connectivity index (χ3n) is 7.08. The number of carbonyl (C=O) groups is 1. The molecule has 1 N–H and O–H groups in total. The Bertz CT molecular complexity index is 850. The molecule has 1 aliphatic heterocycles. The Kier molecular flexibility index (Phi) is 7.73. The van der Waals surface area contributed by atoms with Crippen LogP contribution in [0.4, 0.5) is 0 Å². The molecule has 3 heteroatoms. The zero-order chi connectivity index (χ0) is 24.4. The number of carbonyl (C=O) groups excluding carboxylic acids is 1. The lowest BCUT2D eigenvalue weighted by molar-refractivity contribution is -0.144. The van der Waals surface area contributed by atoms with Crippen molar-refractivity contribution in [3.05, 3.63) is 70.8 Å². The standard InChI is InChI=1S/C30H43NO2/c1-8-9-10-27(32)28(33)31-25(21-11-15-23(16-12-21)29(2,3)4)19-20-26(31)22-13-17-24(18-14-22)30(5,6)7/h11-18,25-27,32H,8-10,19-20H2,1-7H3/t25-,26-,27+/m0/s1. The summed E-state index contributed by atoms with van der Waals surface area (Å²) in [5.41, 5.74) is 5.09. The third-order valence-corrected chi connectivity index (χ3v) is 7.08. The van der Waals surface area contributed by atoms with Gasteiger partial charge in [0.15, 0.2) is 0 Å². The molecule has 0 aliphatic carbocycles. The minimum absolute atomic E-state index is 0.00455. The summed E-state index contributed by atoms with van der Waals surface area (Å²) in [4.78, 5) is 15.5. The van der Waals surface area contributed by atoms with E-state index in [2.05, 4.69) is 97.0 Å². The van der Waals surface area contributed by atoms with Crippen LogP contribution in [0.2, 0.25) is 0 Å². The van der Waals surface area contributed by atoms with Crippen LogP contribution in [0.15, 0.2) is 48.5 Å². The van der Waals surface area contributed by atoms with Crippen molar-refractivity contribution in [2.24, 2.45) is 0 Å². The van der Waals surface area contributed by atoms with Gasteiger partial charge < -0.3 is 10.0 Å². The van der Waals surface area contributed by atoms with Crippen LogP contribution in [-0.4, -0.2) is 22.0 Å². The zero-order valence-electron chi connectivity index (χ0n) is 21.7. The van der Waals surface area contributed by atoms with Crippen LogP contribution in [-0.2, 0) is 15.6 Å². The van der Waals surface area contributed by atoms with Crippen molar-refractivity contribution in [2.45, 2.75) is 110 Å². The number of benzene rings is 2. The number of nitrogens with zero attached hydrogens (tertiary/aromatic N) is 1.